The summed E-state index contributed by atoms with van der Waals surface area (Å²) >= 11 is 3.06. The molecule has 0 amide bonds. The van der Waals surface area contributed by atoms with Crippen LogP contribution in [0.1, 0.15) is 27.3 Å². The smallest absolute Gasteiger partial charge is 0.217 e. The molecule has 0 N–H and O–H groups in total. The largest absolute Gasteiger partial charge is 0.348 e. The van der Waals surface area contributed by atoms with Gasteiger partial charge in [0.2, 0.25) is 4.96 Å². The first-order chi connectivity index (χ1) is 15.1. The summed E-state index contributed by atoms with van der Waals surface area (Å²) in [5.41, 5.74) is 5.34. The fourth-order valence-corrected chi connectivity index (χ4v) is 5.82. The SMILES string of the molecule is Cc1cc(C(=O)CSc2nnc3sc4ccccc4n23)c(C)n1CCc1ccccc1. The number of carbonyl (C=O) groups is 1. The standard InChI is InChI=1S/C24H22N4OS2/c1-16-14-19(17(2)27(16)13-12-18-8-4-3-5-9-18)21(29)15-30-23-25-26-24-28(23)20-10-6-7-11-22(20)31-24/h3-11,14H,12-13,15H2,1-2H3. The van der Waals surface area contributed by atoms with E-state index in [9.17, 15) is 4.79 Å². The van der Waals surface area contributed by atoms with Gasteiger partial charge in [0.15, 0.2) is 10.9 Å². The molecule has 31 heavy (non-hydrogen) atoms. The van der Waals surface area contributed by atoms with Crippen LogP contribution in [0.15, 0.2) is 65.8 Å². The molecule has 0 fully saturated rings. The molecule has 0 radical (unpaired) electrons. The molecule has 3 aromatic heterocycles. The van der Waals surface area contributed by atoms with Crippen molar-refractivity contribution >= 4 is 44.1 Å². The quantitative estimate of drug-likeness (QED) is 0.242. The first kappa shape index (κ1) is 20.0. The third-order valence-electron chi connectivity index (χ3n) is 5.58. The molecule has 7 heteroatoms. The molecule has 2 aromatic carbocycles. The monoisotopic (exact) mass is 446 g/mol. The molecular formula is C24H22N4OS2. The topological polar surface area (TPSA) is 52.2 Å². The van der Waals surface area contributed by atoms with E-state index in [1.54, 1.807) is 11.3 Å². The van der Waals surface area contributed by atoms with Crippen molar-refractivity contribution in [2.75, 3.05) is 5.75 Å². The summed E-state index contributed by atoms with van der Waals surface area (Å²) in [5, 5.41) is 9.36. The van der Waals surface area contributed by atoms with Gasteiger partial charge in [-0.25, -0.2) is 0 Å². The molecule has 0 aliphatic heterocycles. The summed E-state index contributed by atoms with van der Waals surface area (Å²) in [7, 11) is 0. The van der Waals surface area contributed by atoms with Crippen LogP contribution in [0, 0.1) is 13.8 Å². The summed E-state index contributed by atoms with van der Waals surface area (Å²) in [6, 6.07) is 20.6. The van der Waals surface area contributed by atoms with Crippen LogP contribution in [0.3, 0.4) is 0 Å². The van der Waals surface area contributed by atoms with Crippen LogP contribution in [-0.4, -0.2) is 30.7 Å². The molecule has 3 heterocycles. The Morgan fingerprint density at radius 2 is 1.81 bits per heavy atom. The maximum Gasteiger partial charge on any atom is 0.217 e. The van der Waals surface area contributed by atoms with Crippen molar-refractivity contribution in [3.05, 3.63) is 83.2 Å². The number of thioether (sulfide) groups is 1. The molecule has 0 atom stereocenters. The molecule has 0 spiro atoms. The average Bonchev–Trinajstić information content (AvgIpc) is 3.43. The van der Waals surface area contributed by atoms with Crippen molar-refractivity contribution < 1.29 is 4.79 Å². The Morgan fingerprint density at radius 1 is 1.03 bits per heavy atom. The van der Waals surface area contributed by atoms with Crippen LogP contribution < -0.4 is 0 Å². The number of hydrogen-bond donors (Lipinski definition) is 0. The number of thiazole rings is 1. The lowest BCUT2D eigenvalue weighted by Gasteiger charge is -2.10. The van der Waals surface area contributed by atoms with Crippen LogP contribution in [-0.2, 0) is 13.0 Å². The normalized spacial score (nSPS) is 11.5. The molecule has 5 nitrogen and oxygen atoms in total. The molecular weight excluding hydrogens is 424 g/mol. The molecule has 0 saturated heterocycles. The van der Waals surface area contributed by atoms with Gasteiger partial charge in [-0.1, -0.05) is 65.6 Å². The van der Waals surface area contributed by atoms with Gasteiger partial charge in [-0.3, -0.25) is 9.20 Å². The molecule has 156 valence electrons. The Morgan fingerprint density at radius 3 is 2.65 bits per heavy atom. The highest BCUT2D eigenvalue weighted by atomic mass is 32.2. The summed E-state index contributed by atoms with van der Waals surface area (Å²) in [6.07, 6.45) is 0.947. The Balaban J connectivity index is 1.32. The van der Waals surface area contributed by atoms with E-state index in [1.165, 1.54) is 22.0 Å². The van der Waals surface area contributed by atoms with Gasteiger partial charge in [0.1, 0.15) is 0 Å². The Bertz CT molecular complexity index is 1380. The summed E-state index contributed by atoms with van der Waals surface area (Å²) in [5.74, 6) is 0.467. The number of aryl methyl sites for hydroxylation is 2. The van der Waals surface area contributed by atoms with Crippen LogP contribution >= 0.6 is 23.1 Å². The van der Waals surface area contributed by atoms with Crippen LogP contribution in [0.25, 0.3) is 15.2 Å². The second-order valence-corrected chi connectivity index (χ2v) is 9.51. The van der Waals surface area contributed by atoms with Gasteiger partial charge in [0.05, 0.1) is 16.0 Å². The van der Waals surface area contributed by atoms with E-state index >= 15 is 0 Å². The lowest BCUT2D eigenvalue weighted by Crippen LogP contribution is -2.08. The number of aromatic nitrogens is 4. The zero-order chi connectivity index (χ0) is 21.4. The molecule has 0 unspecified atom stereocenters. The van der Waals surface area contributed by atoms with Gasteiger partial charge in [-0.2, -0.15) is 0 Å². The minimum absolute atomic E-state index is 0.125. The fourth-order valence-electron chi connectivity index (χ4n) is 3.97. The van der Waals surface area contributed by atoms with E-state index in [-0.39, 0.29) is 5.78 Å². The number of nitrogens with zero attached hydrogens (tertiary/aromatic N) is 4. The zero-order valence-electron chi connectivity index (χ0n) is 17.4. The molecule has 0 bridgehead atoms. The predicted molar refractivity (Wildman–Crippen MR) is 127 cm³/mol. The van der Waals surface area contributed by atoms with E-state index in [0.29, 0.717) is 5.75 Å². The van der Waals surface area contributed by atoms with Crippen LogP contribution in [0.4, 0.5) is 0 Å². The molecule has 5 aromatic rings. The second-order valence-electron chi connectivity index (χ2n) is 7.55. The van der Waals surface area contributed by atoms with Crippen molar-refractivity contribution in [3.63, 3.8) is 0 Å². The van der Waals surface area contributed by atoms with Gasteiger partial charge < -0.3 is 4.57 Å². The van der Waals surface area contributed by atoms with Gasteiger partial charge in [0, 0.05) is 23.5 Å². The summed E-state index contributed by atoms with van der Waals surface area (Å²) < 4.78 is 5.45. The minimum Gasteiger partial charge on any atom is -0.348 e. The van der Waals surface area contributed by atoms with E-state index < -0.39 is 0 Å². The third-order valence-corrected chi connectivity index (χ3v) is 7.53. The Labute approximate surface area is 188 Å². The second kappa shape index (κ2) is 8.32. The summed E-state index contributed by atoms with van der Waals surface area (Å²) in [4.78, 5) is 13.9. The van der Waals surface area contributed by atoms with Crippen molar-refractivity contribution in [1.82, 2.24) is 19.2 Å². The van der Waals surface area contributed by atoms with Crippen molar-refractivity contribution in [2.24, 2.45) is 0 Å². The number of ketones is 1. The number of hydrogen-bond acceptors (Lipinski definition) is 5. The zero-order valence-corrected chi connectivity index (χ0v) is 19.0. The molecule has 0 aliphatic carbocycles. The van der Waals surface area contributed by atoms with Crippen molar-refractivity contribution in [3.8, 4) is 0 Å². The Kier molecular flexibility index (Phi) is 5.38. The first-order valence-electron chi connectivity index (χ1n) is 10.2. The highest BCUT2D eigenvalue weighted by Crippen LogP contribution is 2.30. The Hall–Kier alpha value is -2.90. The lowest BCUT2D eigenvalue weighted by atomic mass is 10.1. The predicted octanol–water partition coefficient (Wildman–Crippen LogP) is 5.58. The van der Waals surface area contributed by atoms with Crippen LogP contribution in [0.5, 0.6) is 0 Å². The number of para-hydroxylation sites is 1. The number of rotatable bonds is 7. The average molecular weight is 447 g/mol. The maximum absolute atomic E-state index is 13.0. The molecule has 5 rings (SSSR count). The first-order valence-corrected chi connectivity index (χ1v) is 12.0. The van der Waals surface area contributed by atoms with E-state index in [4.69, 9.17) is 0 Å². The van der Waals surface area contributed by atoms with E-state index in [0.717, 1.165) is 45.6 Å². The molecule has 0 saturated carbocycles. The van der Waals surface area contributed by atoms with Crippen molar-refractivity contribution in [2.45, 2.75) is 32.0 Å². The minimum atomic E-state index is 0.125. The third kappa shape index (κ3) is 3.79. The maximum atomic E-state index is 13.0. The number of carbonyl (C=O) groups excluding carboxylic acids is 1. The number of benzene rings is 2. The highest BCUT2D eigenvalue weighted by molar-refractivity contribution is 7.99. The van der Waals surface area contributed by atoms with Gasteiger partial charge in [-0.15, -0.1) is 10.2 Å². The lowest BCUT2D eigenvalue weighted by molar-refractivity contribution is 0.102. The summed E-state index contributed by atoms with van der Waals surface area (Å²) in [6.45, 7) is 4.98. The van der Waals surface area contributed by atoms with E-state index in [1.807, 2.05) is 35.6 Å². The number of Topliss-reactive ketones (excluding diaryl/α,β-unsaturated/α-hetero) is 1. The number of fused-ring (bicyclic) bond motifs is 3. The molecule has 0 aliphatic rings. The van der Waals surface area contributed by atoms with Gasteiger partial charge in [0.25, 0.3) is 0 Å². The van der Waals surface area contributed by atoms with Crippen LogP contribution in [0.2, 0.25) is 0 Å². The highest BCUT2D eigenvalue weighted by Gasteiger charge is 2.18. The van der Waals surface area contributed by atoms with Gasteiger partial charge >= 0.3 is 0 Å². The fraction of sp³-hybridized carbons (Fsp3) is 0.208. The van der Waals surface area contributed by atoms with E-state index in [2.05, 4.69) is 58.1 Å². The van der Waals surface area contributed by atoms with Crippen molar-refractivity contribution in [1.29, 1.82) is 0 Å². The van der Waals surface area contributed by atoms with Gasteiger partial charge in [-0.05, 0) is 44.0 Å².